The van der Waals surface area contributed by atoms with E-state index < -0.39 is 0 Å². The zero-order valence-electron chi connectivity index (χ0n) is 17.0. The van der Waals surface area contributed by atoms with Gasteiger partial charge in [0.2, 0.25) is 0 Å². The molecule has 3 rings (SSSR count). The van der Waals surface area contributed by atoms with Crippen molar-refractivity contribution in [3.63, 3.8) is 0 Å². The Bertz CT molecular complexity index is 819. The molecular weight excluding hydrogens is 368 g/mol. The van der Waals surface area contributed by atoms with Gasteiger partial charge in [0.1, 0.15) is 5.75 Å². The van der Waals surface area contributed by atoms with Crippen LogP contribution in [-0.4, -0.2) is 75.2 Å². The topological polar surface area (TPSA) is 82.1 Å². The summed E-state index contributed by atoms with van der Waals surface area (Å²) in [5, 5.41) is 6.21. The molecule has 8 nitrogen and oxygen atoms in total. The number of nitrogens with one attached hydrogen (secondary N) is 2. The van der Waals surface area contributed by atoms with Crippen LogP contribution in [-0.2, 0) is 0 Å². The number of guanidine groups is 1. The van der Waals surface area contributed by atoms with E-state index in [2.05, 4.69) is 42.5 Å². The summed E-state index contributed by atoms with van der Waals surface area (Å²) in [4.78, 5) is 25.0. The lowest BCUT2D eigenvalue weighted by atomic mass is 10.2. The highest BCUT2D eigenvalue weighted by atomic mass is 16.5. The molecule has 2 aromatic rings. The quantitative estimate of drug-likeness (QED) is 0.434. The minimum Gasteiger partial charge on any atom is -0.497 e. The fourth-order valence-electron chi connectivity index (χ4n) is 3.27. The van der Waals surface area contributed by atoms with Crippen molar-refractivity contribution in [1.29, 1.82) is 0 Å². The highest BCUT2D eigenvalue weighted by Crippen LogP contribution is 2.22. The molecule has 154 valence electrons. The van der Waals surface area contributed by atoms with Crippen LogP contribution in [0.3, 0.4) is 0 Å². The average Bonchev–Trinajstić information content (AvgIpc) is 2.80. The highest BCUT2D eigenvalue weighted by molar-refractivity contribution is 5.93. The van der Waals surface area contributed by atoms with E-state index in [1.165, 1.54) is 5.69 Å². The van der Waals surface area contributed by atoms with Gasteiger partial charge in [-0.15, -0.1) is 0 Å². The fraction of sp³-hybridized carbons (Fsp3) is 0.381. The van der Waals surface area contributed by atoms with Crippen LogP contribution >= 0.6 is 0 Å². The number of hydrogen-bond acceptors (Lipinski definition) is 5. The van der Waals surface area contributed by atoms with Gasteiger partial charge in [0, 0.05) is 70.5 Å². The molecule has 1 aromatic heterocycles. The number of methoxy groups -OCH3 is 1. The van der Waals surface area contributed by atoms with E-state index in [9.17, 15) is 4.79 Å². The third kappa shape index (κ3) is 5.60. The van der Waals surface area contributed by atoms with Crippen molar-refractivity contribution in [2.24, 2.45) is 4.99 Å². The summed E-state index contributed by atoms with van der Waals surface area (Å²) in [6.45, 7) is 4.68. The smallest absolute Gasteiger partial charge is 0.252 e. The predicted octanol–water partition coefficient (Wildman–Crippen LogP) is 1.22. The number of amides is 1. The van der Waals surface area contributed by atoms with Gasteiger partial charge >= 0.3 is 0 Å². The highest BCUT2D eigenvalue weighted by Gasteiger charge is 2.20. The molecule has 0 unspecified atom stereocenters. The molecule has 0 radical (unpaired) electrons. The van der Waals surface area contributed by atoms with Crippen LogP contribution in [0.15, 0.2) is 53.8 Å². The van der Waals surface area contributed by atoms with Gasteiger partial charge in [0.05, 0.1) is 12.7 Å². The number of carbonyl (C=O) groups excluding carboxylic acids is 1. The second kappa shape index (κ2) is 10.3. The molecule has 0 atom stereocenters. The van der Waals surface area contributed by atoms with Gasteiger partial charge in [0.25, 0.3) is 5.91 Å². The molecule has 0 saturated carbocycles. The Kier molecular flexibility index (Phi) is 7.27. The maximum absolute atomic E-state index is 12.0. The number of hydrogen-bond donors (Lipinski definition) is 2. The van der Waals surface area contributed by atoms with Crippen LogP contribution in [0.4, 0.5) is 5.69 Å². The summed E-state index contributed by atoms with van der Waals surface area (Å²) < 4.78 is 5.32. The fourth-order valence-corrected chi connectivity index (χ4v) is 3.27. The summed E-state index contributed by atoms with van der Waals surface area (Å²) in [5.74, 6) is 1.60. The minimum atomic E-state index is -0.123. The molecule has 8 heteroatoms. The number of piperazine rings is 1. The number of aliphatic imine (C=N–C) groups is 1. The second-order valence-electron chi connectivity index (χ2n) is 6.65. The van der Waals surface area contributed by atoms with E-state index in [0.717, 1.165) is 37.9 Å². The Labute approximate surface area is 171 Å². The SMILES string of the molecule is CN=C(NCCNC(=O)c1cccnc1)N1CCN(c2cccc(OC)c2)CC1. The van der Waals surface area contributed by atoms with Crippen molar-refractivity contribution in [2.45, 2.75) is 0 Å². The summed E-state index contributed by atoms with van der Waals surface area (Å²) in [5.41, 5.74) is 1.73. The summed E-state index contributed by atoms with van der Waals surface area (Å²) in [6, 6.07) is 11.6. The first-order valence-electron chi connectivity index (χ1n) is 9.74. The molecule has 1 amide bonds. The minimum absolute atomic E-state index is 0.123. The predicted molar refractivity (Wildman–Crippen MR) is 115 cm³/mol. The third-order valence-corrected chi connectivity index (χ3v) is 4.83. The van der Waals surface area contributed by atoms with Crippen molar-refractivity contribution in [2.75, 3.05) is 58.3 Å². The van der Waals surface area contributed by atoms with E-state index in [4.69, 9.17) is 4.74 Å². The monoisotopic (exact) mass is 396 g/mol. The van der Waals surface area contributed by atoms with Gasteiger partial charge in [0.15, 0.2) is 5.96 Å². The summed E-state index contributed by atoms with van der Waals surface area (Å²) >= 11 is 0. The Morgan fingerprint density at radius 1 is 1.14 bits per heavy atom. The van der Waals surface area contributed by atoms with Gasteiger partial charge in [-0.2, -0.15) is 0 Å². The molecule has 2 heterocycles. The van der Waals surface area contributed by atoms with Crippen molar-refractivity contribution < 1.29 is 9.53 Å². The Balaban J connectivity index is 1.42. The molecule has 2 N–H and O–H groups in total. The van der Waals surface area contributed by atoms with E-state index >= 15 is 0 Å². The van der Waals surface area contributed by atoms with Crippen LogP contribution in [0.5, 0.6) is 5.75 Å². The van der Waals surface area contributed by atoms with Crippen LogP contribution < -0.4 is 20.3 Å². The van der Waals surface area contributed by atoms with Crippen molar-refractivity contribution >= 4 is 17.6 Å². The van der Waals surface area contributed by atoms with Crippen LogP contribution in [0.2, 0.25) is 0 Å². The molecule has 1 aromatic carbocycles. The molecule has 0 bridgehead atoms. The molecule has 0 aliphatic carbocycles. The van der Waals surface area contributed by atoms with Crippen molar-refractivity contribution in [1.82, 2.24) is 20.5 Å². The number of rotatable bonds is 6. The Morgan fingerprint density at radius 3 is 2.62 bits per heavy atom. The number of aromatic nitrogens is 1. The van der Waals surface area contributed by atoms with E-state index in [0.29, 0.717) is 18.7 Å². The zero-order valence-corrected chi connectivity index (χ0v) is 17.0. The molecule has 29 heavy (non-hydrogen) atoms. The number of anilines is 1. The lowest BCUT2D eigenvalue weighted by Gasteiger charge is -2.37. The van der Waals surface area contributed by atoms with Crippen molar-refractivity contribution in [3.05, 3.63) is 54.4 Å². The molecule has 1 fully saturated rings. The van der Waals surface area contributed by atoms with Gasteiger partial charge in [-0.1, -0.05) is 6.07 Å². The lowest BCUT2D eigenvalue weighted by Crippen LogP contribution is -2.53. The number of nitrogens with zero attached hydrogens (tertiary/aromatic N) is 4. The zero-order chi connectivity index (χ0) is 20.5. The molecular formula is C21H28N6O2. The van der Waals surface area contributed by atoms with E-state index in [-0.39, 0.29) is 5.91 Å². The largest absolute Gasteiger partial charge is 0.497 e. The molecule has 1 saturated heterocycles. The first-order chi connectivity index (χ1) is 14.2. The van der Waals surface area contributed by atoms with Gasteiger partial charge in [-0.25, -0.2) is 0 Å². The third-order valence-electron chi connectivity index (χ3n) is 4.83. The van der Waals surface area contributed by atoms with E-state index in [1.54, 1.807) is 38.7 Å². The maximum atomic E-state index is 12.0. The summed E-state index contributed by atoms with van der Waals surface area (Å²) in [7, 11) is 3.47. The first-order valence-corrected chi connectivity index (χ1v) is 9.74. The lowest BCUT2D eigenvalue weighted by molar-refractivity contribution is 0.0954. The number of pyridine rings is 1. The summed E-state index contributed by atoms with van der Waals surface area (Å²) in [6.07, 6.45) is 3.21. The van der Waals surface area contributed by atoms with Gasteiger partial charge in [-0.3, -0.25) is 14.8 Å². The Morgan fingerprint density at radius 2 is 1.93 bits per heavy atom. The average molecular weight is 396 g/mol. The normalized spacial score (nSPS) is 14.5. The molecule has 1 aliphatic rings. The Hall–Kier alpha value is -3.29. The standard InChI is InChI=1S/C21H28N6O2/c1-22-21(25-10-9-24-20(28)17-5-4-8-23-16-17)27-13-11-26(12-14-27)18-6-3-7-19(15-18)29-2/h3-8,15-16H,9-14H2,1-2H3,(H,22,25)(H,24,28). The second-order valence-corrected chi connectivity index (χ2v) is 6.65. The van der Waals surface area contributed by atoms with Gasteiger partial charge in [-0.05, 0) is 24.3 Å². The van der Waals surface area contributed by atoms with Crippen molar-refractivity contribution in [3.8, 4) is 5.75 Å². The van der Waals surface area contributed by atoms with Crippen LogP contribution in [0.25, 0.3) is 0 Å². The van der Waals surface area contributed by atoms with Crippen LogP contribution in [0.1, 0.15) is 10.4 Å². The molecule has 1 aliphatic heterocycles. The number of ether oxygens (including phenoxy) is 1. The number of benzene rings is 1. The van der Waals surface area contributed by atoms with E-state index in [1.807, 2.05) is 12.1 Å². The van der Waals surface area contributed by atoms with Crippen LogP contribution in [0, 0.1) is 0 Å². The molecule has 0 spiro atoms. The maximum Gasteiger partial charge on any atom is 0.252 e. The van der Waals surface area contributed by atoms with Gasteiger partial charge < -0.3 is 25.2 Å². The number of carbonyl (C=O) groups is 1. The first kappa shape index (κ1) is 20.4.